The van der Waals surface area contributed by atoms with Crippen LogP contribution in [0.1, 0.15) is 37.2 Å². The van der Waals surface area contributed by atoms with E-state index in [1.165, 1.54) is 5.56 Å². The number of carbonyl (C=O) groups excluding carboxylic acids is 1. The van der Waals surface area contributed by atoms with Gasteiger partial charge in [0.05, 0.1) is 11.8 Å². The lowest BCUT2D eigenvalue weighted by molar-refractivity contribution is -0.118. The van der Waals surface area contributed by atoms with Gasteiger partial charge in [0.1, 0.15) is 5.75 Å². The van der Waals surface area contributed by atoms with Crippen LogP contribution in [0.3, 0.4) is 0 Å². The number of carbonyl (C=O) groups is 1. The van der Waals surface area contributed by atoms with Crippen LogP contribution < -0.4 is 10.1 Å². The van der Waals surface area contributed by atoms with Gasteiger partial charge in [-0.05, 0) is 49.3 Å². The van der Waals surface area contributed by atoms with E-state index in [1.54, 1.807) is 0 Å². The highest BCUT2D eigenvalue weighted by Gasteiger charge is 2.23. The van der Waals surface area contributed by atoms with Crippen molar-refractivity contribution >= 4 is 11.6 Å². The molecule has 1 aliphatic carbocycles. The maximum atomic E-state index is 11.3. The maximum absolute atomic E-state index is 11.3. The van der Waals surface area contributed by atoms with E-state index in [0.717, 1.165) is 37.1 Å². The summed E-state index contributed by atoms with van der Waals surface area (Å²) >= 11 is 0. The summed E-state index contributed by atoms with van der Waals surface area (Å²) < 4.78 is 5.34. The average Bonchev–Trinajstić information content (AvgIpc) is 2.38. The third kappa shape index (κ3) is 2.20. The van der Waals surface area contributed by atoms with Gasteiger partial charge in [0, 0.05) is 0 Å². The first-order valence-electron chi connectivity index (χ1n) is 6.47. The van der Waals surface area contributed by atoms with E-state index in [0.29, 0.717) is 5.92 Å². The molecule has 18 heavy (non-hydrogen) atoms. The Morgan fingerprint density at radius 1 is 1.22 bits per heavy atom. The summed E-state index contributed by atoms with van der Waals surface area (Å²) in [6, 6.07) is 6.00. The second kappa shape index (κ2) is 4.61. The van der Waals surface area contributed by atoms with Gasteiger partial charge in [-0.2, -0.15) is 0 Å². The summed E-state index contributed by atoms with van der Waals surface area (Å²) in [6.07, 6.45) is 3.61. The zero-order valence-corrected chi connectivity index (χ0v) is 10.2. The third-order valence-electron chi connectivity index (χ3n) is 3.80. The Balaban J connectivity index is 1.81. The molecule has 1 aromatic rings. The molecule has 4 nitrogen and oxygen atoms in total. The van der Waals surface area contributed by atoms with Gasteiger partial charge in [0.15, 0.2) is 6.61 Å². The quantitative estimate of drug-likeness (QED) is 0.798. The highest BCUT2D eigenvalue weighted by atomic mass is 16.5. The van der Waals surface area contributed by atoms with Crippen LogP contribution in [-0.2, 0) is 4.79 Å². The van der Waals surface area contributed by atoms with Crippen LogP contribution >= 0.6 is 0 Å². The molecule has 0 atom stereocenters. The van der Waals surface area contributed by atoms with Gasteiger partial charge < -0.3 is 15.2 Å². The van der Waals surface area contributed by atoms with Crippen molar-refractivity contribution in [3.63, 3.8) is 0 Å². The van der Waals surface area contributed by atoms with Crippen LogP contribution in [0.2, 0.25) is 0 Å². The van der Waals surface area contributed by atoms with Crippen molar-refractivity contribution in [2.45, 2.75) is 37.7 Å². The predicted octanol–water partition coefficient (Wildman–Crippen LogP) is 2.04. The Morgan fingerprint density at radius 3 is 2.78 bits per heavy atom. The highest BCUT2D eigenvalue weighted by molar-refractivity contribution is 5.95. The number of benzene rings is 1. The van der Waals surface area contributed by atoms with Crippen molar-refractivity contribution < 1.29 is 14.6 Å². The molecule has 2 N–H and O–H groups in total. The van der Waals surface area contributed by atoms with Crippen molar-refractivity contribution in [2.75, 3.05) is 11.9 Å². The van der Waals surface area contributed by atoms with Gasteiger partial charge in [-0.3, -0.25) is 4.79 Å². The molecule has 1 saturated carbocycles. The molecule has 1 aliphatic heterocycles. The van der Waals surface area contributed by atoms with Crippen LogP contribution in [0, 0.1) is 0 Å². The van der Waals surface area contributed by atoms with E-state index < -0.39 is 0 Å². The third-order valence-corrected chi connectivity index (χ3v) is 3.80. The molecule has 0 spiro atoms. The van der Waals surface area contributed by atoms with Crippen molar-refractivity contribution in [1.82, 2.24) is 0 Å². The molecule has 1 fully saturated rings. The number of hydrogen-bond acceptors (Lipinski definition) is 3. The first kappa shape index (κ1) is 11.5. The molecular formula is C14H17NO3. The highest BCUT2D eigenvalue weighted by Crippen LogP contribution is 2.37. The number of nitrogens with one attached hydrogen (secondary N) is 1. The lowest BCUT2D eigenvalue weighted by atomic mass is 9.82. The second-order valence-electron chi connectivity index (χ2n) is 5.10. The van der Waals surface area contributed by atoms with Gasteiger partial charge >= 0.3 is 0 Å². The fraction of sp³-hybridized carbons (Fsp3) is 0.500. The summed E-state index contributed by atoms with van der Waals surface area (Å²) in [5.41, 5.74) is 2.00. The minimum absolute atomic E-state index is 0.0984. The van der Waals surface area contributed by atoms with Crippen molar-refractivity contribution in [3.05, 3.63) is 23.8 Å². The number of aliphatic hydroxyl groups is 1. The van der Waals surface area contributed by atoms with E-state index >= 15 is 0 Å². The lowest BCUT2D eigenvalue weighted by Gasteiger charge is -2.27. The van der Waals surface area contributed by atoms with E-state index in [1.807, 2.05) is 12.1 Å². The van der Waals surface area contributed by atoms with Gasteiger partial charge in [-0.25, -0.2) is 0 Å². The Bertz CT molecular complexity index is 464. The minimum atomic E-state index is -0.137. The van der Waals surface area contributed by atoms with E-state index in [9.17, 15) is 9.90 Å². The monoisotopic (exact) mass is 247 g/mol. The molecule has 0 unspecified atom stereocenters. The summed E-state index contributed by atoms with van der Waals surface area (Å²) in [6.45, 7) is 0.0992. The lowest BCUT2D eigenvalue weighted by Crippen LogP contribution is -2.25. The van der Waals surface area contributed by atoms with Gasteiger partial charge in [0.25, 0.3) is 5.91 Å². The normalized spacial score (nSPS) is 27.1. The number of fused-ring (bicyclic) bond motifs is 1. The molecule has 96 valence electrons. The standard InChI is InChI=1S/C14H17NO3/c16-11-4-1-9(2-5-11)10-3-6-13-12(7-10)15-14(17)8-18-13/h3,6-7,9,11,16H,1-2,4-5,8H2,(H,15,17). The SMILES string of the molecule is O=C1COc2ccc(C3CCC(O)CC3)cc2N1. The second-order valence-corrected chi connectivity index (χ2v) is 5.10. The molecule has 0 aromatic heterocycles. The first-order chi connectivity index (χ1) is 8.72. The van der Waals surface area contributed by atoms with Crippen LogP contribution in [0.25, 0.3) is 0 Å². The van der Waals surface area contributed by atoms with Gasteiger partial charge in [-0.15, -0.1) is 0 Å². The zero-order valence-electron chi connectivity index (χ0n) is 10.2. The Kier molecular flexibility index (Phi) is 2.96. The fourth-order valence-corrected chi connectivity index (χ4v) is 2.76. The zero-order chi connectivity index (χ0) is 12.5. The van der Waals surface area contributed by atoms with Crippen LogP contribution in [-0.4, -0.2) is 23.7 Å². The molecule has 0 radical (unpaired) electrons. The van der Waals surface area contributed by atoms with Crippen LogP contribution in [0.4, 0.5) is 5.69 Å². The number of aliphatic hydroxyl groups excluding tert-OH is 1. The molecule has 1 aromatic carbocycles. The van der Waals surface area contributed by atoms with Crippen LogP contribution in [0.15, 0.2) is 18.2 Å². The maximum Gasteiger partial charge on any atom is 0.262 e. The molecule has 0 bridgehead atoms. The minimum Gasteiger partial charge on any atom is -0.482 e. The Morgan fingerprint density at radius 2 is 2.00 bits per heavy atom. The first-order valence-corrected chi connectivity index (χ1v) is 6.47. The van der Waals surface area contributed by atoms with E-state index in [2.05, 4.69) is 11.4 Å². The van der Waals surface area contributed by atoms with Gasteiger partial charge in [-0.1, -0.05) is 6.07 Å². The Labute approximate surface area is 106 Å². The smallest absolute Gasteiger partial charge is 0.262 e. The Hall–Kier alpha value is -1.55. The van der Waals surface area contributed by atoms with E-state index in [4.69, 9.17) is 4.74 Å². The molecule has 1 amide bonds. The molecule has 1 heterocycles. The number of hydrogen-bond donors (Lipinski definition) is 2. The van der Waals surface area contributed by atoms with Crippen molar-refractivity contribution in [1.29, 1.82) is 0 Å². The van der Waals surface area contributed by atoms with Crippen molar-refractivity contribution in [2.24, 2.45) is 0 Å². The van der Waals surface area contributed by atoms with E-state index in [-0.39, 0.29) is 18.6 Å². The van der Waals surface area contributed by atoms with Crippen LogP contribution in [0.5, 0.6) is 5.75 Å². The number of amides is 1. The summed E-state index contributed by atoms with van der Waals surface area (Å²) in [4.78, 5) is 11.3. The molecular weight excluding hydrogens is 230 g/mol. The summed E-state index contributed by atoms with van der Waals surface area (Å²) in [7, 11) is 0. The molecule has 3 rings (SSSR count). The number of rotatable bonds is 1. The average molecular weight is 247 g/mol. The topological polar surface area (TPSA) is 58.6 Å². The summed E-state index contributed by atoms with van der Waals surface area (Å²) in [5, 5.41) is 12.4. The van der Waals surface area contributed by atoms with Gasteiger partial charge in [0.2, 0.25) is 0 Å². The number of anilines is 1. The molecule has 2 aliphatic rings. The fourth-order valence-electron chi connectivity index (χ4n) is 2.76. The number of ether oxygens (including phenoxy) is 1. The molecule has 0 saturated heterocycles. The van der Waals surface area contributed by atoms with Crippen molar-refractivity contribution in [3.8, 4) is 5.75 Å². The molecule has 4 heteroatoms. The summed E-state index contributed by atoms with van der Waals surface area (Å²) in [5.74, 6) is 1.13. The largest absolute Gasteiger partial charge is 0.482 e. The predicted molar refractivity (Wildman–Crippen MR) is 67.8 cm³/mol.